The van der Waals surface area contributed by atoms with Crippen LogP contribution < -0.4 is 5.32 Å². The molecule has 1 unspecified atom stereocenters. The Morgan fingerprint density at radius 2 is 2.12 bits per heavy atom. The Hall–Kier alpha value is -1.61. The number of hydrogen-bond donors (Lipinski definition) is 1. The highest BCUT2D eigenvalue weighted by molar-refractivity contribution is 5.83. The van der Waals surface area contributed by atoms with Crippen molar-refractivity contribution >= 4 is 16.7 Å². The Bertz CT molecular complexity index is 501. The zero-order valence-corrected chi connectivity index (χ0v) is 9.60. The third kappa shape index (κ3) is 1.99. The number of hydrogen-bond acceptors (Lipinski definition) is 2. The molecule has 3 nitrogen and oxygen atoms in total. The number of para-hydroxylation sites is 1. The quantitative estimate of drug-likeness (QED) is 0.845. The van der Waals surface area contributed by atoms with E-state index in [0.29, 0.717) is 6.54 Å². The minimum Gasteiger partial charge on any atom is -0.345 e. The van der Waals surface area contributed by atoms with Gasteiger partial charge < -0.3 is 9.88 Å². The maximum absolute atomic E-state index is 11.4. The SMILES string of the molecule is CNC(Cn1ccc2ccccc21)C(C)=O. The average Bonchev–Trinajstić information content (AvgIpc) is 2.69. The molecule has 0 saturated heterocycles. The van der Waals surface area contributed by atoms with Gasteiger partial charge in [-0.05, 0) is 31.5 Å². The molecule has 0 amide bonds. The number of rotatable bonds is 4. The number of nitrogens with one attached hydrogen (secondary N) is 1. The van der Waals surface area contributed by atoms with E-state index in [9.17, 15) is 4.79 Å². The standard InChI is InChI=1S/C13H16N2O/c1-10(16)12(14-2)9-15-8-7-11-5-3-4-6-13(11)15/h3-8,12,14H,9H2,1-2H3. The fraction of sp³-hybridized carbons (Fsp3) is 0.308. The Kier molecular flexibility index (Phi) is 3.06. The van der Waals surface area contributed by atoms with Crippen LogP contribution in [0.1, 0.15) is 6.92 Å². The summed E-state index contributed by atoms with van der Waals surface area (Å²) >= 11 is 0. The van der Waals surface area contributed by atoms with Crippen LogP contribution in [-0.2, 0) is 11.3 Å². The van der Waals surface area contributed by atoms with Crippen LogP contribution in [0, 0.1) is 0 Å². The summed E-state index contributed by atoms with van der Waals surface area (Å²) in [6.45, 7) is 2.30. The average molecular weight is 216 g/mol. The predicted molar refractivity (Wildman–Crippen MR) is 65.5 cm³/mol. The Labute approximate surface area is 95.1 Å². The van der Waals surface area contributed by atoms with E-state index in [1.807, 2.05) is 25.4 Å². The molecule has 2 rings (SSSR count). The van der Waals surface area contributed by atoms with E-state index in [1.165, 1.54) is 10.9 Å². The van der Waals surface area contributed by atoms with Gasteiger partial charge in [0.15, 0.2) is 0 Å². The smallest absolute Gasteiger partial charge is 0.148 e. The maximum Gasteiger partial charge on any atom is 0.148 e. The molecule has 0 bridgehead atoms. The van der Waals surface area contributed by atoms with Crippen LogP contribution >= 0.6 is 0 Å². The number of nitrogens with zero attached hydrogens (tertiary/aromatic N) is 1. The topological polar surface area (TPSA) is 34.0 Å². The van der Waals surface area contributed by atoms with Gasteiger partial charge in [-0.25, -0.2) is 0 Å². The third-order valence-corrected chi connectivity index (χ3v) is 2.90. The molecule has 0 saturated carbocycles. The van der Waals surface area contributed by atoms with Crippen molar-refractivity contribution in [3.8, 4) is 0 Å². The third-order valence-electron chi connectivity index (χ3n) is 2.90. The molecule has 1 aromatic carbocycles. The minimum absolute atomic E-state index is 0.115. The summed E-state index contributed by atoms with van der Waals surface area (Å²) in [5, 5.41) is 4.24. The second-order valence-corrected chi connectivity index (χ2v) is 3.98. The molecule has 1 atom stereocenters. The molecule has 1 heterocycles. The van der Waals surface area contributed by atoms with Crippen LogP contribution in [0.2, 0.25) is 0 Å². The number of fused-ring (bicyclic) bond motifs is 1. The van der Waals surface area contributed by atoms with E-state index >= 15 is 0 Å². The Balaban J connectivity index is 2.30. The van der Waals surface area contributed by atoms with Crippen molar-refractivity contribution < 1.29 is 4.79 Å². The van der Waals surface area contributed by atoms with E-state index in [2.05, 4.69) is 28.1 Å². The van der Waals surface area contributed by atoms with Gasteiger partial charge in [0.05, 0.1) is 6.04 Å². The fourth-order valence-corrected chi connectivity index (χ4v) is 1.92. The second-order valence-electron chi connectivity index (χ2n) is 3.98. The molecule has 84 valence electrons. The van der Waals surface area contributed by atoms with Crippen LogP contribution in [0.25, 0.3) is 10.9 Å². The van der Waals surface area contributed by atoms with Crippen molar-refractivity contribution in [2.75, 3.05) is 7.05 Å². The molecule has 2 aromatic rings. The van der Waals surface area contributed by atoms with Gasteiger partial charge in [0.25, 0.3) is 0 Å². The molecule has 3 heteroatoms. The van der Waals surface area contributed by atoms with Crippen LogP contribution in [0.4, 0.5) is 0 Å². The van der Waals surface area contributed by atoms with E-state index in [0.717, 1.165) is 0 Å². The Morgan fingerprint density at radius 3 is 2.81 bits per heavy atom. The first-order valence-electron chi connectivity index (χ1n) is 5.44. The number of aromatic nitrogens is 1. The summed E-state index contributed by atoms with van der Waals surface area (Å²) in [6, 6.07) is 10.1. The molecule has 0 aliphatic heterocycles. The first-order valence-corrected chi connectivity index (χ1v) is 5.44. The van der Waals surface area contributed by atoms with Gasteiger partial charge in [-0.2, -0.15) is 0 Å². The van der Waals surface area contributed by atoms with Crippen LogP contribution in [0.3, 0.4) is 0 Å². The van der Waals surface area contributed by atoms with Crippen molar-refractivity contribution in [1.29, 1.82) is 0 Å². The summed E-state index contributed by atoms with van der Waals surface area (Å²) in [6.07, 6.45) is 2.03. The number of likely N-dealkylation sites (N-methyl/N-ethyl adjacent to an activating group) is 1. The highest BCUT2D eigenvalue weighted by Crippen LogP contribution is 2.15. The van der Waals surface area contributed by atoms with Gasteiger partial charge in [-0.1, -0.05) is 18.2 Å². The molecule has 0 spiro atoms. The summed E-state index contributed by atoms with van der Waals surface area (Å²) in [7, 11) is 1.82. The van der Waals surface area contributed by atoms with E-state index in [-0.39, 0.29) is 11.8 Å². The first-order chi connectivity index (χ1) is 7.72. The highest BCUT2D eigenvalue weighted by atomic mass is 16.1. The Morgan fingerprint density at radius 1 is 1.38 bits per heavy atom. The van der Waals surface area contributed by atoms with Crippen LogP contribution in [0.5, 0.6) is 0 Å². The summed E-state index contributed by atoms with van der Waals surface area (Å²) in [4.78, 5) is 11.4. The number of benzene rings is 1. The lowest BCUT2D eigenvalue weighted by Gasteiger charge is -2.14. The lowest BCUT2D eigenvalue weighted by atomic mass is 10.2. The van der Waals surface area contributed by atoms with Crippen molar-refractivity contribution in [3.63, 3.8) is 0 Å². The van der Waals surface area contributed by atoms with Gasteiger partial charge in [0, 0.05) is 18.3 Å². The van der Waals surface area contributed by atoms with Crippen LogP contribution in [0.15, 0.2) is 36.5 Å². The molecule has 0 aliphatic rings. The number of Topliss-reactive ketones (excluding diaryl/α,β-unsaturated/α-hetero) is 1. The van der Waals surface area contributed by atoms with E-state index in [1.54, 1.807) is 6.92 Å². The molecule has 0 aliphatic carbocycles. The van der Waals surface area contributed by atoms with Crippen LogP contribution in [-0.4, -0.2) is 23.4 Å². The molecule has 16 heavy (non-hydrogen) atoms. The maximum atomic E-state index is 11.4. The normalized spacial score (nSPS) is 12.9. The fourth-order valence-electron chi connectivity index (χ4n) is 1.92. The largest absolute Gasteiger partial charge is 0.345 e. The monoisotopic (exact) mass is 216 g/mol. The van der Waals surface area contributed by atoms with Gasteiger partial charge in [0.1, 0.15) is 5.78 Å². The van der Waals surface area contributed by atoms with Crippen molar-refractivity contribution in [3.05, 3.63) is 36.5 Å². The molecule has 0 radical (unpaired) electrons. The molecular weight excluding hydrogens is 200 g/mol. The van der Waals surface area contributed by atoms with E-state index in [4.69, 9.17) is 0 Å². The van der Waals surface area contributed by atoms with Crippen molar-refractivity contribution in [2.24, 2.45) is 0 Å². The van der Waals surface area contributed by atoms with Gasteiger partial charge in [-0.3, -0.25) is 4.79 Å². The summed E-state index contributed by atoms with van der Waals surface area (Å²) < 4.78 is 2.11. The second kappa shape index (κ2) is 4.49. The molecule has 1 aromatic heterocycles. The van der Waals surface area contributed by atoms with Gasteiger partial charge in [0.2, 0.25) is 0 Å². The number of carbonyl (C=O) groups is 1. The molecule has 0 fully saturated rings. The summed E-state index contributed by atoms with van der Waals surface area (Å²) in [5.41, 5.74) is 1.17. The zero-order valence-electron chi connectivity index (χ0n) is 9.60. The zero-order chi connectivity index (χ0) is 11.5. The lowest BCUT2D eigenvalue weighted by Crippen LogP contribution is -2.36. The molecular formula is C13H16N2O. The number of carbonyl (C=O) groups excluding carboxylic acids is 1. The van der Waals surface area contributed by atoms with Gasteiger partial charge in [-0.15, -0.1) is 0 Å². The minimum atomic E-state index is -0.115. The van der Waals surface area contributed by atoms with E-state index < -0.39 is 0 Å². The predicted octanol–water partition coefficient (Wildman–Crippen LogP) is 1.82. The lowest BCUT2D eigenvalue weighted by molar-refractivity contribution is -0.119. The van der Waals surface area contributed by atoms with Crippen molar-refractivity contribution in [1.82, 2.24) is 9.88 Å². The molecule has 1 N–H and O–H groups in total. The van der Waals surface area contributed by atoms with Gasteiger partial charge >= 0.3 is 0 Å². The number of ketones is 1. The highest BCUT2D eigenvalue weighted by Gasteiger charge is 2.12. The first kappa shape index (κ1) is 10.9. The van der Waals surface area contributed by atoms with Crippen molar-refractivity contribution in [2.45, 2.75) is 19.5 Å². The summed E-state index contributed by atoms with van der Waals surface area (Å²) in [5.74, 6) is 0.167.